The lowest BCUT2D eigenvalue weighted by molar-refractivity contribution is 0.247. The standard InChI is InChI=1S/C12H22N2S2/c1-13(2)6-7-14(8-10-15-3)11-12-5-4-9-16-12/h4-5,9H,6-8,10-11H2,1-3H3. The van der Waals surface area contributed by atoms with Crippen LogP contribution in [-0.2, 0) is 6.54 Å². The van der Waals surface area contributed by atoms with Gasteiger partial charge >= 0.3 is 0 Å². The van der Waals surface area contributed by atoms with Crippen molar-refractivity contribution in [3.8, 4) is 0 Å². The Morgan fingerprint density at radius 2 is 2.06 bits per heavy atom. The van der Waals surface area contributed by atoms with Crippen LogP contribution in [0.5, 0.6) is 0 Å². The highest BCUT2D eigenvalue weighted by molar-refractivity contribution is 7.98. The van der Waals surface area contributed by atoms with Crippen LogP contribution in [0, 0.1) is 0 Å². The molecule has 0 saturated heterocycles. The van der Waals surface area contributed by atoms with Crippen LogP contribution in [0.15, 0.2) is 17.5 Å². The second kappa shape index (κ2) is 8.12. The fourth-order valence-electron chi connectivity index (χ4n) is 1.45. The van der Waals surface area contributed by atoms with Crippen molar-refractivity contribution in [1.82, 2.24) is 9.80 Å². The van der Waals surface area contributed by atoms with Gasteiger partial charge in [0.1, 0.15) is 0 Å². The first-order valence-corrected chi connectivity index (χ1v) is 7.88. The summed E-state index contributed by atoms with van der Waals surface area (Å²) in [6, 6.07) is 4.37. The second-order valence-corrected chi connectivity index (χ2v) is 6.17. The number of rotatable bonds is 8. The quantitative estimate of drug-likeness (QED) is 0.707. The van der Waals surface area contributed by atoms with E-state index in [4.69, 9.17) is 0 Å². The molecule has 0 atom stereocenters. The molecule has 1 rings (SSSR count). The third-order valence-electron chi connectivity index (χ3n) is 2.43. The molecule has 0 radical (unpaired) electrons. The molecule has 16 heavy (non-hydrogen) atoms. The van der Waals surface area contributed by atoms with Gasteiger partial charge in [0.15, 0.2) is 0 Å². The lowest BCUT2D eigenvalue weighted by atomic mass is 10.4. The van der Waals surface area contributed by atoms with Crippen LogP contribution in [0.25, 0.3) is 0 Å². The third-order valence-corrected chi connectivity index (χ3v) is 3.89. The average molecular weight is 258 g/mol. The molecule has 2 nitrogen and oxygen atoms in total. The van der Waals surface area contributed by atoms with Gasteiger partial charge in [0, 0.05) is 36.8 Å². The predicted molar refractivity (Wildman–Crippen MR) is 76.5 cm³/mol. The number of hydrogen-bond donors (Lipinski definition) is 0. The van der Waals surface area contributed by atoms with Crippen LogP contribution in [0.4, 0.5) is 0 Å². The molecule has 92 valence electrons. The minimum atomic E-state index is 1.10. The highest BCUT2D eigenvalue weighted by Crippen LogP contribution is 2.12. The van der Waals surface area contributed by atoms with Gasteiger partial charge in [-0.2, -0.15) is 11.8 Å². The maximum atomic E-state index is 2.54. The highest BCUT2D eigenvalue weighted by atomic mass is 32.2. The van der Waals surface area contributed by atoms with Gasteiger partial charge in [-0.15, -0.1) is 11.3 Å². The zero-order chi connectivity index (χ0) is 11.8. The van der Waals surface area contributed by atoms with Crippen molar-refractivity contribution >= 4 is 23.1 Å². The van der Waals surface area contributed by atoms with Gasteiger partial charge in [-0.3, -0.25) is 4.90 Å². The van der Waals surface area contributed by atoms with Crippen LogP contribution in [0.3, 0.4) is 0 Å². The van der Waals surface area contributed by atoms with Gasteiger partial charge in [0.05, 0.1) is 0 Å². The molecule has 0 aliphatic rings. The molecule has 0 N–H and O–H groups in total. The summed E-state index contributed by atoms with van der Waals surface area (Å²) in [5.41, 5.74) is 0. The summed E-state index contributed by atoms with van der Waals surface area (Å²) in [6.45, 7) is 4.59. The summed E-state index contributed by atoms with van der Waals surface area (Å²) in [6.07, 6.45) is 2.18. The van der Waals surface area contributed by atoms with Gasteiger partial charge in [-0.25, -0.2) is 0 Å². The van der Waals surface area contributed by atoms with Gasteiger partial charge in [0.2, 0.25) is 0 Å². The topological polar surface area (TPSA) is 6.48 Å². The van der Waals surface area contributed by atoms with Crippen molar-refractivity contribution in [2.75, 3.05) is 45.7 Å². The maximum absolute atomic E-state index is 2.54. The zero-order valence-electron chi connectivity index (χ0n) is 10.5. The van der Waals surface area contributed by atoms with Crippen molar-refractivity contribution in [2.24, 2.45) is 0 Å². The van der Waals surface area contributed by atoms with Crippen LogP contribution in [-0.4, -0.2) is 55.5 Å². The molecule has 1 aromatic rings. The van der Waals surface area contributed by atoms with E-state index in [1.54, 1.807) is 0 Å². The van der Waals surface area contributed by atoms with E-state index in [1.807, 2.05) is 23.1 Å². The van der Waals surface area contributed by atoms with Crippen molar-refractivity contribution in [3.63, 3.8) is 0 Å². The van der Waals surface area contributed by atoms with Crippen molar-refractivity contribution in [1.29, 1.82) is 0 Å². The molecular formula is C12H22N2S2. The van der Waals surface area contributed by atoms with E-state index in [2.05, 4.69) is 47.7 Å². The van der Waals surface area contributed by atoms with E-state index in [9.17, 15) is 0 Å². The molecule has 0 aliphatic heterocycles. The first kappa shape index (κ1) is 14.0. The fourth-order valence-corrected chi connectivity index (χ4v) is 2.64. The number of thiophene rings is 1. The van der Waals surface area contributed by atoms with E-state index >= 15 is 0 Å². The molecule has 4 heteroatoms. The molecular weight excluding hydrogens is 236 g/mol. The summed E-state index contributed by atoms with van der Waals surface area (Å²) in [4.78, 5) is 6.27. The average Bonchev–Trinajstić information content (AvgIpc) is 2.74. The molecule has 1 heterocycles. The minimum absolute atomic E-state index is 1.10. The Morgan fingerprint density at radius 1 is 1.25 bits per heavy atom. The maximum Gasteiger partial charge on any atom is 0.0328 e. The molecule has 0 spiro atoms. The second-order valence-electron chi connectivity index (χ2n) is 4.15. The van der Waals surface area contributed by atoms with Crippen molar-refractivity contribution in [2.45, 2.75) is 6.54 Å². The SMILES string of the molecule is CSCCN(CCN(C)C)Cc1cccs1. The predicted octanol–water partition coefficient (Wildman–Crippen LogP) is 2.47. The Balaban J connectivity index is 2.36. The molecule has 1 aromatic heterocycles. The van der Waals surface area contributed by atoms with Gasteiger partial charge < -0.3 is 4.90 Å². The van der Waals surface area contributed by atoms with E-state index < -0.39 is 0 Å². The van der Waals surface area contributed by atoms with Gasteiger partial charge in [-0.1, -0.05) is 6.07 Å². The Labute approximate surface area is 108 Å². The largest absolute Gasteiger partial charge is 0.308 e. The van der Waals surface area contributed by atoms with Gasteiger partial charge in [-0.05, 0) is 31.8 Å². The van der Waals surface area contributed by atoms with E-state index in [0.29, 0.717) is 0 Å². The number of hydrogen-bond acceptors (Lipinski definition) is 4. The molecule has 0 bridgehead atoms. The normalized spacial score (nSPS) is 11.6. The van der Waals surface area contributed by atoms with E-state index in [1.165, 1.54) is 17.2 Å². The van der Waals surface area contributed by atoms with Crippen molar-refractivity contribution in [3.05, 3.63) is 22.4 Å². The smallest absolute Gasteiger partial charge is 0.0328 e. The number of nitrogens with zero attached hydrogens (tertiary/aromatic N) is 2. The van der Waals surface area contributed by atoms with Crippen LogP contribution in [0.2, 0.25) is 0 Å². The van der Waals surface area contributed by atoms with E-state index in [0.717, 1.165) is 19.6 Å². The highest BCUT2D eigenvalue weighted by Gasteiger charge is 2.06. The summed E-state index contributed by atoms with van der Waals surface area (Å²) in [7, 11) is 4.27. The number of thioether (sulfide) groups is 1. The molecule has 0 fully saturated rings. The molecule has 0 aromatic carbocycles. The Morgan fingerprint density at radius 3 is 2.62 bits per heavy atom. The Bertz CT molecular complexity index is 260. The fraction of sp³-hybridized carbons (Fsp3) is 0.667. The van der Waals surface area contributed by atoms with Crippen molar-refractivity contribution < 1.29 is 0 Å². The van der Waals surface area contributed by atoms with Crippen LogP contribution < -0.4 is 0 Å². The van der Waals surface area contributed by atoms with Crippen LogP contribution >= 0.6 is 23.1 Å². The monoisotopic (exact) mass is 258 g/mol. The molecule has 0 aliphatic carbocycles. The Kier molecular flexibility index (Phi) is 7.12. The molecule has 0 unspecified atom stereocenters. The van der Waals surface area contributed by atoms with Gasteiger partial charge in [0.25, 0.3) is 0 Å². The zero-order valence-corrected chi connectivity index (χ0v) is 12.1. The lowest BCUT2D eigenvalue weighted by Gasteiger charge is -2.23. The summed E-state index contributed by atoms with van der Waals surface area (Å²) in [5.74, 6) is 1.22. The van der Waals surface area contributed by atoms with E-state index in [-0.39, 0.29) is 0 Å². The first-order chi connectivity index (χ1) is 7.72. The lowest BCUT2D eigenvalue weighted by Crippen LogP contribution is -2.32. The number of likely N-dealkylation sites (N-methyl/N-ethyl adjacent to an activating group) is 1. The Hall–Kier alpha value is -0.0300. The minimum Gasteiger partial charge on any atom is -0.308 e. The van der Waals surface area contributed by atoms with Crippen LogP contribution in [0.1, 0.15) is 4.88 Å². The summed E-state index contributed by atoms with van der Waals surface area (Å²) < 4.78 is 0. The molecule has 0 amide bonds. The summed E-state index contributed by atoms with van der Waals surface area (Å²) in [5, 5.41) is 2.16. The molecule has 0 saturated carbocycles. The first-order valence-electron chi connectivity index (χ1n) is 5.60. The summed E-state index contributed by atoms with van der Waals surface area (Å²) >= 11 is 3.78. The third kappa shape index (κ3) is 5.89.